The van der Waals surface area contributed by atoms with Crippen molar-refractivity contribution in [1.82, 2.24) is 5.32 Å². The minimum absolute atomic E-state index is 0.0224. The second-order valence-electron chi connectivity index (χ2n) is 5.47. The van der Waals surface area contributed by atoms with Gasteiger partial charge in [-0.15, -0.1) is 0 Å². The van der Waals surface area contributed by atoms with E-state index < -0.39 is 17.4 Å². The Balaban J connectivity index is 2.60. The molecule has 0 aliphatic heterocycles. The molecule has 3 unspecified atom stereocenters. The Hall–Kier alpha value is -1.06. The van der Waals surface area contributed by atoms with Crippen LogP contribution in [0.25, 0.3) is 0 Å². The lowest BCUT2D eigenvalue weighted by Gasteiger charge is -2.27. The molecular formula is C11H19NO3. The van der Waals surface area contributed by atoms with Crippen molar-refractivity contribution in [2.24, 2.45) is 17.3 Å². The number of nitrogens with one attached hydrogen (secondary N) is 1. The summed E-state index contributed by atoms with van der Waals surface area (Å²) in [4.78, 5) is 22.6. The van der Waals surface area contributed by atoms with Crippen molar-refractivity contribution in [3.8, 4) is 0 Å². The molecule has 0 bridgehead atoms. The molecule has 0 aromatic heterocycles. The van der Waals surface area contributed by atoms with Crippen molar-refractivity contribution in [2.45, 2.75) is 40.2 Å². The van der Waals surface area contributed by atoms with Crippen molar-refractivity contribution in [1.29, 1.82) is 0 Å². The van der Waals surface area contributed by atoms with Crippen LogP contribution in [-0.2, 0) is 9.59 Å². The molecule has 1 rings (SSSR count). The molecule has 0 aromatic carbocycles. The molecule has 4 nitrogen and oxygen atoms in total. The first-order valence-electron chi connectivity index (χ1n) is 5.26. The lowest BCUT2D eigenvalue weighted by molar-refractivity contribution is -0.145. The van der Waals surface area contributed by atoms with Crippen LogP contribution in [0.2, 0.25) is 0 Å². The summed E-state index contributed by atoms with van der Waals surface area (Å²) < 4.78 is 0. The van der Waals surface area contributed by atoms with Gasteiger partial charge < -0.3 is 10.4 Å². The second kappa shape index (κ2) is 3.83. The minimum Gasteiger partial charge on any atom is -0.480 e. The van der Waals surface area contributed by atoms with Crippen LogP contribution < -0.4 is 5.32 Å². The Morgan fingerprint density at radius 2 is 1.87 bits per heavy atom. The van der Waals surface area contributed by atoms with Gasteiger partial charge in [0.05, 0.1) is 0 Å². The normalized spacial score (nSPS) is 26.9. The monoisotopic (exact) mass is 213 g/mol. The first-order chi connectivity index (χ1) is 6.73. The van der Waals surface area contributed by atoms with E-state index in [0.717, 1.165) is 6.42 Å². The summed E-state index contributed by atoms with van der Waals surface area (Å²) in [6, 6.07) is -0.808. The number of hydrogen-bond acceptors (Lipinski definition) is 2. The van der Waals surface area contributed by atoms with Gasteiger partial charge in [0, 0.05) is 5.92 Å². The van der Waals surface area contributed by atoms with Gasteiger partial charge in [-0.2, -0.15) is 0 Å². The van der Waals surface area contributed by atoms with E-state index in [0.29, 0.717) is 5.92 Å². The summed E-state index contributed by atoms with van der Waals surface area (Å²) in [6.45, 7) is 7.42. The van der Waals surface area contributed by atoms with Crippen LogP contribution in [0.15, 0.2) is 0 Å². The fourth-order valence-electron chi connectivity index (χ4n) is 1.59. The average molecular weight is 213 g/mol. The zero-order valence-corrected chi connectivity index (χ0v) is 9.70. The summed E-state index contributed by atoms with van der Waals surface area (Å²) in [6.07, 6.45) is 0.877. The van der Waals surface area contributed by atoms with E-state index in [2.05, 4.69) is 5.32 Å². The highest BCUT2D eigenvalue weighted by molar-refractivity contribution is 5.87. The predicted molar refractivity (Wildman–Crippen MR) is 56.3 cm³/mol. The third-order valence-corrected chi connectivity index (χ3v) is 2.85. The van der Waals surface area contributed by atoms with Crippen molar-refractivity contribution < 1.29 is 14.7 Å². The number of aliphatic carboxylic acids is 1. The molecule has 4 heteroatoms. The van der Waals surface area contributed by atoms with Crippen LogP contribution in [0.1, 0.15) is 34.1 Å². The highest BCUT2D eigenvalue weighted by atomic mass is 16.4. The summed E-state index contributed by atoms with van der Waals surface area (Å²) in [5.41, 5.74) is -0.459. The van der Waals surface area contributed by atoms with E-state index in [9.17, 15) is 9.59 Å². The van der Waals surface area contributed by atoms with E-state index in [1.54, 1.807) is 0 Å². The molecule has 86 valence electrons. The smallest absolute Gasteiger partial charge is 0.326 e. The molecule has 1 aliphatic rings. The number of amides is 1. The molecule has 0 radical (unpaired) electrons. The fourth-order valence-corrected chi connectivity index (χ4v) is 1.59. The van der Waals surface area contributed by atoms with Crippen LogP contribution in [0.3, 0.4) is 0 Å². The van der Waals surface area contributed by atoms with Crippen molar-refractivity contribution in [3.63, 3.8) is 0 Å². The van der Waals surface area contributed by atoms with Gasteiger partial charge in [0.1, 0.15) is 6.04 Å². The summed E-state index contributed by atoms with van der Waals surface area (Å²) in [5.74, 6) is -0.664. The Bertz CT molecular complexity index is 280. The fraction of sp³-hybridized carbons (Fsp3) is 0.818. The summed E-state index contributed by atoms with van der Waals surface area (Å²) in [5, 5.41) is 11.6. The molecular weight excluding hydrogens is 194 g/mol. The van der Waals surface area contributed by atoms with E-state index in [1.165, 1.54) is 0 Å². The van der Waals surface area contributed by atoms with Gasteiger partial charge in [0.25, 0.3) is 0 Å². The van der Waals surface area contributed by atoms with Gasteiger partial charge in [0.2, 0.25) is 5.91 Å². The highest BCUT2D eigenvalue weighted by Crippen LogP contribution is 2.38. The van der Waals surface area contributed by atoms with Gasteiger partial charge in [-0.3, -0.25) is 4.79 Å². The zero-order chi connectivity index (χ0) is 11.8. The Kier molecular flexibility index (Phi) is 3.07. The molecule has 1 saturated carbocycles. The molecule has 0 heterocycles. The number of hydrogen-bond donors (Lipinski definition) is 2. The van der Waals surface area contributed by atoms with Gasteiger partial charge in [-0.05, 0) is 17.8 Å². The predicted octanol–water partition coefficient (Wildman–Crippen LogP) is 1.26. The van der Waals surface area contributed by atoms with Crippen molar-refractivity contribution in [2.75, 3.05) is 0 Å². The Labute approximate surface area is 90.0 Å². The molecule has 2 N–H and O–H groups in total. The van der Waals surface area contributed by atoms with Crippen LogP contribution in [0.4, 0.5) is 0 Å². The number of carbonyl (C=O) groups is 2. The summed E-state index contributed by atoms with van der Waals surface area (Å²) in [7, 11) is 0. The lowest BCUT2D eigenvalue weighted by Crippen LogP contribution is -2.49. The number of rotatable bonds is 3. The number of carbonyl (C=O) groups excluding carboxylic acids is 1. The maximum atomic E-state index is 11.6. The van der Waals surface area contributed by atoms with Gasteiger partial charge in [-0.1, -0.05) is 27.7 Å². The first kappa shape index (κ1) is 12.0. The topological polar surface area (TPSA) is 66.4 Å². The average Bonchev–Trinajstić information content (AvgIpc) is 2.75. The quantitative estimate of drug-likeness (QED) is 0.741. The molecule has 0 saturated heterocycles. The summed E-state index contributed by atoms with van der Waals surface area (Å²) >= 11 is 0. The van der Waals surface area contributed by atoms with Gasteiger partial charge in [-0.25, -0.2) is 4.79 Å². The van der Waals surface area contributed by atoms with Crippen LogP contribution >= 0.6 is 0 Å². The van der Waals surface area contributed by atoms with Crippen molar-refractivity contribution >= 4 is 11.9 Å². The molecule has 1 aliphatic carbocycles. The molecule has 0 spiro atoms. The molecule has 0 aromatic rings. The standard InChI is InChI=1S/C11H19NO3/c1-6-5-7(6)9(13)12-8(10(14)15)11(2,3)4/h6-8H,5H2,1-4H3,(H,12,13)(H,14,15). The SMILES string of the molecule is CC1CC1C(=O)NC(C(=O)O)C(C)(C)C. The molecule has 1 amide bonds. The van der Waals surface area contributed by atoms with E-state index in [4.69, 9.17) is 5.11 Å². The third-order valence-electron chi connectivity index (χ3n) is 2.85. The minimum atomic E-state index is -0.968. The van der Waals surface area contributed by atoms with E-state index in [-0.39, 0.29) is 11.8 Å². The molecule has 3 atom stereocenters. The molecule has 15 heavy (non-hydrogen) atoms. The van der Waals surface area contributed by atoms with E-state index >= 15 is 0 Å². The maximum Gasteiger partial charge on any atom is 0.326 e. The largest absolute Gasteiger partial charge is 0.480 e. The Morgan fingerprint density at radius 3 is 2.13 bits per heavy atom. The highest BCUT2D eigenvalue weighted by Gasteiger charge is 2.42. The van der Waals surface area contributed by atoms with Crippen LogP contribution in [0.5, 0.6) is 0 Å². The first-order valence-corrected chi connectivity index (χ1v) is 5.26. The maximum absolute atomic E-state index is 11.6. The van der Waals surface area contributed by atoms with Crippen LogP contribution in [0, 0.1) is 17.3 Å². The lowest BCUT2D eigenvalue weighted by atomic mass is 9.86. The second-order valence-corrected chi connectivity index (χ2v) is 5.47. The number of carboxylic acid groups (broad SMARTS) is 1. The number of carboxylic acids is 1. The van der Waals surface area contributed by atoms with Gasteiger partial charge in [0.15, 0.2) is 0 Å². The van der Waals surface area contributed by atoms with E-state index in [1.807, 2.05) is 27.7 Å². The van der Waals surface area contributed by atoms with Gasteiger partial charge >= 0.3 is 5.97 Å². The third kappa shape index (κ3) is 2.94. The van der Waals surface area contributed by atoms with Crippen LogP contribution in [-0.4, -0.2) is 23.0 Å². The zero-order valence-electron chi connectivity index (χ0n) is 9.70. The van der Waals surface area contributed by atoms with Crippen molar-refractivity contribution in [3.05, 3.63) is 0 Å². The Morgan fingerprint density at radius 1 is 1.40 bits per heavy atom. The molecule has 1 fully saturated rings.